The van der Waals surface area contributed by atoms with Crippen molar-refractivity contribution >= 4 is 17.9 Å². The van der Waals surface area contributed by atoms with Crippen molar-refractivity contribution in [2.24, 2.45) is 0 Å². The number of carboxylic acid groups (broad SMARTS) is 3. The van der Waals surface area contributed by atoms with E-state index in [-0.39, 0.29) is 11.0 Å². The minimum Gasteiger partial charge on any atom is -0.478 e. The lowest BCUT2D eigenvalue weighted by Gasteiger charge is -1.92. The van der Waals surface area contributed by atoms with E-state index >= 15 is 0 Å². The normalized spacial score (nSPS) is 8.06. The SMILES string of the molecule is O.O=C(O)C(=O)O.O=C(O)c1ccccc1F. The first-order chi connectivity index (χ1) is 7.36. The maximum atomic E-state index is 12.5. The second-order valence-electron chi connectivity index (χ2n) is 2.40. The molecule has 1 aromatic rings. The van der Waals surface area contributed by atoms with E-state index in [1.807, 2.05) is 0 Å². The number of aromatic carboxylic acids is 1. The van der Waals surface area contributed by atoms with Crippen molar-refractivity contribution in [2.75, 3.05) is 0 Å². The second-order valence-corrected chi connectivity index (χ2v) is 2.40. The van der Waals surface area contributed by atoms with Crippen LogP contribution in [0.4, 0.5) is 4.39 Å². The summed E-state index contributed by atoms with van der Waals surface area (Å²) in [7, 11) is 0. The predicted octanol–water partition coefficient (Wildman–Crippen LogP) is -0.145. The molecule has 5 N–H and O–H groups in total. The summed E-state index contributed by atoms with van der Waals surface area (Å²) in [5, 5.41) is 23.1. The molecule has 0 fully saturated rings. The van der Waals surface area contributed by atoms with Crippen molar-refractivity contribution in [2.45, 2.75) is 0 Å². The molecular weight excluding hydrogens is 239 g/mol. The third-order valence-electron chi connectivity index (χ3n) is 1.29. The van der Waals surface area contributed by atoms with Gasteiger partial charge in [0.2, 0.25) is 0 Å². The molecule has 0 aromatic heterocycles. The lowest BCUT2D eigenvalue weighted by Crippen LogP contribution is -2.09. The summed E-state index contributed by atoms with van der Waals surface area (Å²) in [4.78, 5) is 28.4. The first-order valence-corrected chi connectivity index (χ1v) is 3.80. The molecule has 8 heteroatoms. The van der Waals surface area contributed by atoms with E-state index in [4.69, 9.17) is 24.9 Å². The first kappa shape index (κ1) is 16.9. The Morgan fingerprint density at radius 3 is 1.59 bits per heavy atom. The Balaban J connectivity index is 0. The molecule has 1 aromatic carbocycles. The highest BCUT2D eigenvalue weighted by Gasteiger charge is 2.06. The largest absolute Gasteiger partial charge is 0.478 e. The van der Waals surface area contributed by atoms with Crippen molar-refractivity contribution in [1.82, 2.24) is 0 Å². The zero-order chi connectivity index (χ0) is 12.7. The van der Waals surface area contributed by atoms with Crippen LogP contribution in [0, 0.1) is 5.82 Å². The van der Waals surface area contributed by atoms with Crippen molar-refractivity contribution in [3.05, 3.63) is 35.6 Å². The molecule has 0 amide bonds. The molecule has 7 nitrogen and oxygen atoms in total. The maximum absolute atomic E-state index is 12.5. The zero-order valence-corrected chi connectivity index (χ0v) is 8.25. The van der Waals surface area contributed by atoms with Crippen molar-refractivity contribution in [3.63, 3.8) is 0 Å². The summed E-state index contributed by atoms with van der Waals surface area (Å²) in [6, 6.07) is 5.26. The van der Waals surface area contributed by atoms with Gasteiger partial charge in [0.1, 0.15) is 5.82 Å². The lowest BCUT2D eigenvalue weighted by atomic mass is 10.2. The molecule has 17 heavy (non-hydrogen) atoms. The fourth-order valence-corrected chi connectivity index (χ4v) is 0.635. The van der Waals surface area contributed by atoms with Gasteiger partial charge >= 0.3 is 17.9 Å². The number of rotatable bonds is 1. The van der Waals surface area contributed by atoms with Crippen LogP contribution >= 0.6 is 0 Å². The molecular formula is C9H9FO7. The van der Waals surface area contributed by atoms with Gasteiger partial charge in [0.15, 0.2) is 0 Å². The highest BCUT2D eigenvalue weighted by atomic mass is 19.1. The minimum absolute atomic E-state index is 0. The molecule has 0 radical (unpaired) electrons. The lowest BCUT2D eigenvalue weighted by molar-refractivity contribution is -0.159. The summed E-state index contributed by atoms with van der Waals surface area (Å²) in [6.07, 6.45) is 0. The smallest absolute Gasteiger partial charge is 0.414 e. The van der Waals surface area contributed by atoms with Gasteiger partial charge < -0.3 is 20.8 Å². The van der Waals surface area contributed by atoms with E-state index < -0.39 is 23.7 Å². The van der Waals surface area contributed by atoms with Gasteiger partial charge in [-0.15, -0.1) is 0 Å². The number of carbonyl (C=O) groups is 3. The molecule has 0 heterocycles. The monoisotopic (exact) mass is 248 g/mol. The molecule has 0 aliphatic carbocycles. The number of hydrogen-bond acceptors (Lipinski definition) is 3. The first-order valence-electron chi connectivity index (χ1n) is 3.80. The molecule has 0 atom stereocenters. The van der Waals surface area contributed by atoms with Crippen LogP contribution in [-0.2, 0) is 9.59 Å². The Morgan fingerprint density at radius 2 is 1.35 bits per heavy atom. The van der Waals surface area contributed by atoms with Gasteiger partial charge in [0.25, 0.3) is 0 Å². The molecule has 0 unspecified atom stereocenters. The molecule has 0 saturated heterocycles. The Bertz CT molecular complexity index is 404. The van der Waals surface area contributed by atoms with Crippen LogP contribution in [0.25, 0.3) is 0 Å². The van der Waals surface area contributed by atoms with Crippen LogP contribution in [0.15, 0.2) is 24.3 Å². The van der Waals surface area contributed by atoms with E-state index in [1.165, 1.54) is 18.2 Å². The topological polar surface area (TPSA) is 143 Å². The predicted molar refractivity (Wildman–Crippen MR) is 52.2 cm³/mol. The molecule has 1 rings (SSSR count). The van der Waals surface area contributed by atoms with Gasteiger partial charge in [-0.05, 0) is 12.1 Å². The fraction of sp³-hybridized carbons (Fsp3) is 0. The van der Waals surface area contributed by atoms with Crippen LogP contribution < -0.4 is 0 Å². The molecule has 0 aliphatic rings. The summed E-state index contributed by atoms with van der Waals surface area (Å²) in [5.41, 5.74) is -0.289. The molecule has 0 bridgehead atoms. The van der Waals surface area contributed by atoms with E-state index in [9.17, 15) is 9.18 Å². The third-order valence-corrected chi connectivity index (χ3v) is 1.29. The molecule has 94 valence electrons. The second kappa shape index (κ2) is 7.77. The Hall–Kier alpha value is -2.48. The molecule has 0 saturated carbocycles. The summed E-state index contributed by atoms with van der Waals surface area (Å²) in [5.74, 6) is -5.59. The Labute approximate surface area is 94.0 Å². The van der Waals surface area contributed by atoms with Crippen LogP contribution in [-0.4, -0.2) is 38.7 Å². The number of benzene rings is 1. The van der Waals surface area contributed by atoms with Gasteiger partial charge in [0, 0.05) is 0 Å². The van der Waals surface area contributed by atoms with Gasteiger partial charge in [0.05, 0.1) is 5.56 Å². The van der Waals surface area contributed by atoms with Crippen LogP contribution in [0.3, 0.4) is 0 Å². The summed E-state index contributed by atoms with van der Waals surface area (Å²) >= 11 is 0. The van der Waals surface area contributed by atoms with E-state index in [0.717, 1.165) is 6.07 Å². The average Bonchev–Trinajstić information content (AvgIpc) is 2.18. The maximum Gasteiger partial charge on any atom is 0.414 e. The number of hydrogen-bond donors (Lipinski definition) is 3. The van der Waals surface area contributed by atoms with Crippen LogP contribution in [0.1, 0.15) is 10.4 Å². The van der Waals surface area contributed by atoms with Crippen molar-refractivity contribution in [1.29, 1.82) is 0 Å². The molecule has 0 aliphatic heterocycles. The van der Waals surface area contributed by atoms with Gasteiger partial charge in [-0.2, -0.15) is 0 Å². The Morgan fingerprint density at radius 1 is 0.941 bits per heavy atom. The zero-order valence-electron chi connectivity index (χ0n) is 8.25. The molecule has 0 spiro atoms. The van der Waals surface area contributed by atoms with E-state index in [2.05, 4.69) is 0 Å². The van der Waals surface area contributed by atoms with Gasteiger partial charge in [-0.3, -0.25) is 0 Å². The summed E-state index contributed by atoms with van der Waals surface area (Å²) in [6.45, 7) is 0. The van der Waals surface area contributed by atoms with Crippen molar-refractivity contribution in [3.8, 4) is 0 Å². The number of carboxylic acids is 3. The summed E-state index contributed by atoms with van der Waals surface area (Å²) < 4.78 is 12.5. The number of halogens is 1. The quantitative estimate of drug-likeness (QED) is 0.589. The average molecular weight is 248 g/mol. The fourth-order valence-electron chi connectivity index (χ4n) is 0.635. The van der Waals surface area contributed by atoms with E-state index in [0.29, 0.717) is 0 Å². The Kier molecular flexibility index (Phi) is 7.73. The van der Waals surface area contributed by atoms with Crippen LogP contribution in [0.5, 0.6) is 0 Å². The van der Waals surface area contributed by atoms with Gasteiger partial charge in [-0.1, -0.05) is 12.1 Å². The minimum atomic E-state index is -1.82. The van der Waals surface area contributed by atoms with Gasteiger partial charge in [-0.25, -0.2) is 18.8 Å². The highest BCUT2D eigenvalue weighted by molar-refractivity contribution is 6.27. The van der Waals surface area contributed by atoms with Crippen molar-refractivity contribution < 1.29 is 39.6 Å². The number of aliphatic carboxylic acids is 2. The standard InChI is InChI=1S/C7H5FO2.C2H2O4.H2O/c8-6-4-2-1-3-5(6)7(9)10;3-1(4)2(5)6;/h1-4H,(H,9,10);(H,3,4)(H,5,6);1H2. The van der Waals surface area contributed by atoms with E-state index in [1.54, 1.807) is 0 Å². The highest BCUT2D eigenvalue weighted by Crippen LogP contribution is 2.04. The van der Waals surface area contributed by atoms with Crippen LogP contribution in [0.2, 0.25) is 0 Å². The third kappa shape index (κ3) is 6.57.